The lowest BCUT2D eigenvalue weighted by molar-refractivity contribution is -0.122. The van der Waals surface area contributed by atoms with Gasteiger partial charge >= 0.3 is 0 Å². The Labute approximate surface area is 255 Å². The number of carbonyl (C=O) groups excluding carboxylic acids is 1. The van der Waals surface area contributed by atoms with E-state index >= 15 is 0 Å². The molecule has 0 radical (unpaired) electrons. The van der Waals surface area contributed by atoms with E-state index < -0.39 is 0 Å². The maximum absolute atomic E-state index is 13.1. The number of para-hydroxylation sites is 1. The Hall–Kier alpha value is -4.87. The highest BCUT2D eigenvalue weighted by Crippen LogP contribution is 2.23. The van der Waals surface area contributed by atoms with Crippen molar-refractivity contribution in [3.8, 4) is 22.9 Å². The van der Waals surface area contributed by atoms with E-state index in [0.29, 0.717) is 55.7 Å². The van der Waals surface area contributed by atoms with Crippen LogP contribution in [0.25, 0.3) is 11.4 Å². The number of halogens is 1. The van der Waals surface area contributed by atoms with Crippen LogP contribution < -0.4 is 10.2 Å². The number of nitrogens with one attached hydrogen (secondary N) is 1. The summed E-state index contributed by atoms with van der Waals surface area (Å²) >= 11 is 0. The Bertz CT molecular complexity index is 1600. The zero-order valence-corrected chi connectivity index (χ0v) is 24.6. The van der Waals surface area contributed by atoms with Gasteiger partial charge in [0.1, 0.15) is 23.9 Å². The second-order valence-corrected chi connectivity index (χ2v) is 10.8. The van der Waals surface area contributed by atoms with Gasteiger partial charge in [0.2, 0.25) is 11.7 Å². The molecular weight excluding hydrogens is 563 g/mol. The molecular formula is C33H35FN6O4. The van der Waals surface area contributed by atoms with Crippen molar-refractivity contribution in [1.82, 2.24) is 25.4 Å². The maximum Gasteiger partial charge on any atom is 0.254 e. The van der Waals surface area contributed by atoms with Crippen LogP contribution in [0.4, 0.5) is 4.39 Å². The molecule has 1 aliphatic heterocycles. The number of hydrogen-bond acceptors (Lipinski definition) is 9. The maximum atomic E-state index is 13.1. The van der Waals surface area contributed by atoms with E-state index in [1.165, 1.54) is 18.3 Å². The summed E-state index contributed by atoms with van der Waals surface area (Å²) in [6, 6.07) is 19.0. The summed E-state index contributed by atoms with van der Waals surface area (Å²) in [5, 5.41) is 18.6. The van der Waals surface area contributed by atoms with Crippen molar-refractivity contribution in [2.24, 2.45) is 5.10 Å². The fourth-order valence-corrected chi connectivity index (χ4v) is 4.78. The molecule has 1 fully saturated rings. The fourth-order valence-electron chi connectivity index (χ4n) is 4.78. The van der Waals surface area contributed by atoms with Crippen molar-refractivity contribution >= 4 is 12.1 Å². The molecule has 1 aromatic heterocycles. The third-order valence-electron chi connectivity index (χ3n) is 7.13. The standard InChI is InChI=1S/C33H35FN6O4/c1-23(2)18-26-4-3-5-27(32(26)42)19-35-37-30(41)20-39-14-16-40(17-15-39)21-31-36-33(38-44-31)25-8-6-24(7-9-25)22-43-29-12-10-28(34)11-13-29/h3-13,19,42H,1,14-18,20-22H2,2H3,(H,37,41). The van der Waals surface area contributed by atoms with Crippen LogP contribution in [0.2, 0.25) is 0 Å². The number of nitrogens with zero attached hydrogens (tertiary/aromatic N) is 5. The van der Waals surface area contributed by atoms with Gasteiger partial charge in [-0.2, -0.15) is 10.1 Å². The minimum Gasteiger partial charge on any atom is -0.507 e. The van der Waals surface area contributed by atoms with Crippen LogP contribution >= 0.6 is 0 Å². The molecule has 5 rings (SSSR count). The largest absolute Gasteiger partial charge is 0.507 e. The van der Waals surface area contributed by atoms with E-state index in [9.17, 15) is 14.3 Å². The lowest BCUT2D eigenvalue weighted by Gasteiger charge is -2.33. The minimum absolute atomic E-state index is 0.140. The first-order valence-corrected chi connectivity index (χ1v) is 14.3. The summed E-state index contributed by atoms with van der Waals surface area (Å²) in [6.45, 7) is 9.82. The third kappa shape index (κ3) is 8.59. The van der Waals surface area contributed by atoms with Crippen molar-refractivity contribution in [2.45, 2.75) is 26.5 Å². The molecule has 1 aliphatic rings. The van der Waals surface area contributed by atoms with Gasteiger partial charge in [0.05, 0.1) is 19.3 Å². The van der Waals surface area contributed by atoms with E-state index in [-0.39, 0.29) is 24.0 Å². The Balaban J connectivity index is 1.03. The van der Waals surface area contributed by atoms with Gasteiger partial charge in [-0.3, -0.25) is 14.6 Å². The first-order valence-electron chi connectivity index (χ1n) is 14.3. The third-order valence-corrected chi connectivity index (χ3v) is 7.13. The van der Waals surface area contributed by atoms with Crippen molar-refractivity contribution in [3.05, 3.63) is 107 Å². The molecule has 3 aromatic carbocycles. The van der Waals surface area contributed by atoms with Crippen LogP contribution in [0, 0.1) is 5.82 Å². The molecule has 44 heavy (non-hydrogen) atoms. The van der Waals surface area contributed by atoms with Gasteiger partial charge in [-0.25, -0.2) is 9.82 Å². The number of ether oxygens (including phenoxy) is 1. The number of carbonyl (C=O) groups is 1. The molecule has 11 heteroatoms. The summed E-state index contributed by atoms with van der Waals surface area (Å²) in [5.74, 6) is 1.26. The Kier molecular flexibility index (Phi) is 10.1. The molecule has 0 aliphatic carbocycles. The van der Waals surface area contributed by atoms with E-state index in [0.717, 1.165) is 35.4 Å². The molecule has 1 amide bonds. The second-order valence-electron chi connectivity index (χ2n) is 10.8. The molecule has 0 spiro atoms. The minimum atomic E-state index is -0.300. The van der Waals surface area contributed by atoms with Crippen LogP contribution in [0.1, 0.15) is 29.5 Å². The first-order chi connectivity index (χ1) is 21.3. The number of benzene rings is 3. The van der Waals surface area contributed by atoms with Gasteiger partial charge in [-0.05, 0) is 54.8 Å². The van der Waals surface area contributed by atoms with E-state index in [4.69, 9.17) is 9.26 Å². The van der Waals surface area contributed by atoms with E-state index in [1.54, 1.807) is 18.2 Å². The fraction of sp³-hybridized carbons (Fsp3) is 0.273. The normalized spacial score (nSPS) is 14.1. The number of piperazine rings is 1. The number of allylic oxidation sites excluding steroid dienone is 1. The molecule has 1 saturated heterocycles. The van der Waals surface area contributed by atoms with Crippen LogP contribution in [0.5, 0.6) is 11.5 Å². The molecule has 10 nitrogen and oxygen atoms in total. The quantitative estimate of drug-likeness (QED) is 0.139. The van der Waals surface area contributed by atoms with Crippen molar-refractivity contribution in [2.75, 3.05) is 32.7 Å². The van der Waals surface area contributed by atoms with E-state index in [1.807, 2.05) is 43.3 Å². The summed E-state index contributed by atoms with van der Waals surface area (Å²) in [4.78, 5) is 21.3. The zero-order chi connectivity index (χ0) is 30.9. The summed E-state index contributed by atoms with van der Waals surface area (Å²) in [5.41, 5.74) is 6.59. The van der Waals surface area contributed by atoms with Gasteiger partial charge in [0.25, 0.3) is 5.91 Å². The Morgan fingerprint density at radius 2 is 1.82 bits per heavy atom. The van der Waals surface area contributed by atoms with Gasteiger partial charge < -0.3 is 14.4 Å². The average molecular weight is 599 g/mol. The smallest absolute Gasteiger partial charge is 0.254 e. The van der Waals surface area contributed by atoms with Gasteiger partial charge in [0.15, 0.2) is 0 Å². The summed E-state index contributed by atoms with van der Waals surface area (Å²) in [7, 11) is 0. The number of hydrazone groups is 1. The molecule has 0 unspecified atom stereocenters. The predicted molar refractivity (Wildman–Crippen MR) is 165 cm³/mol. The number of phenolic OH excluding ortho intramolecular Hbond substituents is 1. The number of hydrogen-bond donors (Lipinski definition) is 2. The molecule has 2 heterocycles. The SMILES string of the molecule is C=C(C)Cc1cccc(C=NNC(=O)CN2CCN(Cc3nc(-c4ccc(COc5ccc(F)cc5)cc4)no3)CC2)c1O. The lowest BCUT2D eigenvalue weighted by atomic mass is 10.0. The molecule has 0 saturated carbocycles. The van der Waals surface area contributed by atoms with Crippen LogP contribution in [-0.2, 0) is 24.4 Å². The van der Waals surface area contributed by atoms with Crippen LogP contribution in [-0.4, -0.2) is 69.9 Å². The average Bonchev–Trinajstić information content (AvgIpc) is 3.48. The van der Waals surface area contributed by atoms with Gasteiger partial charge in [-0.1, -0.05) is 53.7 Å². The Morgan fingerprint density at radius 1 is 1.09 bits per heavy atom. The monoisotopic (exact) mass is 598 g/mol. The van der Waals surface area contributed by atoms with Crippen molar-refractivity contribution in [3.63, 3.8) is 0 Å². The number of amides is 1. The highest BCUT2D eigenvalue weighted by molar-refractivity contribution is 5.86. The second kappa shape index (κ2) is 14.5. The van der Waals surface area contributed by atoms with Crippen LogP contribution in [0.3, 0.4) is 0 Å². The molecule has 2 N–H and O–H groups in total. The van der Waals surface area contributed by atoms with Gasteiger partial charge in [-0.15, -0.1) is 0 Å². The molecule has 228 valence electrons. The molecule has 4 aromatic rings. The number of aromatic nitrogens is 2. The topological polar surface area (TPSA) is 116 Å². The highest BCUT2D eigenvalue weighted by atomic mass is 19.1. The Morgan fingerprint density at radius 3 is 2.55 bits per heavy atom. The lowest BCUT2D eigenvalue weighted by Crippen LogP contribution is -2.48. The number of aromatic hydroxyl groups is 1. The summed E-state index contributed by atoms with van der Waals surface area (Å²) < 4.78 is 24.3. The van der Waals surface area contributed by atoms with E-state index in [2.05, 4.69) is 37.0 Å². The highest BCUT2D eigenvalue weighted by Gasteiger charge is 2.21. The van der Waals surface area contributed by atoms with Gasteiger partial charge in [0, 0.05) is 37.3 Å². The summed E-state index contributed by atoms with van der Waals surface area (Å²) in [6.07, 6.45) is 2.02. The molecule has 0 atom stereocenters. The van der Waals surface area contributed by atoms with Crippen molar-refractivity contribution in [1.29, 1.82) is 0 Å². The van der Waals surface area contributed by atoms with Crippen LogP contribution in [0.15, 0.2) is 88.5 Å². The van der Waals surface area contributed by atoms with Crippen molar-refractivity contribution < 1.29 is 23.6 Å². The predicted octanol–water partition coefficient (Wildman–Crippen LogP) is 4.55. The number of phenols is 1. The number of rotatable bonds is 12. The first kappa shape index (κ1) is 30.6. The molecule has 0 bridgehead atoms. The zero-order valence-electron chi connectivity index (χ0n) is 24.6.